The highest BCUT2D eigenvalue weighted by molar-refractivity contribution is 5.33. The molecule has 0 spiro atoms. The first-order valence-corrected chi connectivity index (χ1v) is 7.66. The van der Waals surface area contributed by atoms with Crippen LogP contribution in [0.15, 0.2) is 24.3 Å². The Morgan fingerprint density at radius 2 is 1.95 bits per heavy atom. The van der Waals surface area contributed by atoms with Crippen LogP contribution in [0.5, 0.6) is 5.75 Å². The molecule has 0 aromatic heterocycles. The normalized spacial score (nSPS) is 17.6. The first kappa shape index (κ1) is 15.3. The standard InChI is InChI=1S/C17H27NO2/c1-18(14-17(19)11-5-6-12-17)13-7-9-15-8-3-4-10-16(15)20-2/h3-4,8,10,19H,5-7,9,11-14H2,1-2H3. The summed E-state index contributed by atoms with van der Waals surface area (Å²) in [5.41, 5.74) is 0.835. The van der Waals surface area contributed by atoms with E-state index in [4.69, 9.17) is 4.74 Å². The van der Waals surface area contributed by atoms with Crippen molar-refractivity contribution in [3.05, 3.63) is 29.8 Å². The van der Waals surface area contributed by atoms with Gasteiger partial charge in [0, 0.05) is 6.54 Å². The van der Waals surface area contributed by atoms with Gasteiger partial charge in [0.1, 0.15) is 5.75 Å². The molecule has 112 valence electrons. The zero-order valence-electron chi connectivity index (χ0n) is 12.8. The van der Waals surface area contributed by atoms with E-state index in [1.54, 1.807) is 7.11 Å². The van der Waals surface area contributed by atoms with E-state index < -0.39 is 5.60 Å². The van der Waals surface area contributed by atoms with Crippen LogP contribution < -0.4 is 4.74 Å². The summed E-state index contributed by atoms with van der Waals surface area (Å²) >= 11 is 0. The third kappa shape index (κ3) is 4.22. The molecule has 3 heteroatoms. The third-order valence-electron chi connectivity index (χ3n) is 4.28. The van der Waals surface area contributed by atoms with Crippen molar-refractivity contribution in [3.63, 3.8) is 0 Å². The molecule has 0 bridgehead atoms. The van der Waals surface area contributed by atoms with Crippen LogP contribution in [0, 0.1) is 0 Å². The molecule has 2 rings (SSSR count). The quantitative estimate of drug-likeness (QED) is 0.832. The Bertz CT molecular complexity index is 413. The van der Waals surface area contributed by atoms with E-state index in [9.17, 15) is 5.11 Å². The van der Waals surface area contributed by atoms with Gasteiger partial charge in [-0.05, 0) is 50.9 Å². The van der Waals surface area contributed by atoms with Crippen molar-refractivity contribution in [2.45, 2.75) is 44.1 Å². The van der Waals surface area contributed by atoms with Gasteiger partial charge in [-0.25, -0.2) is 0 Å². The van der Waals surface area contributed by atoms with Crippen molar-refractivity contribution < 1.29 is 9.84 Å². The number of likely N-dealkylation sites (N-methyl/N-ethyl adjacent to an activating group) is 1. The summed E-state index contributed by atoms with van der Waals surface area (Å²) in [5.74, 6) is 0.976. The fourth-order valence-electron chi connectivity index (χ4n) is 3.22. The predicted octanol–water partition coefficient (Wildman–Crippen LogP) is 2.86. The lowest BCUT2D eigenvalue weighted by molar-refractivity contribution is 0.0162. The Morgan fingerprint density at radius 3 is 2.65 bits per heavy atom. The van der Waals surface area contributed by atoms with Crippen LogP contribution in [0.3, 0.4) is 0 Å². The molecule has 0 atom stereocenters. The maximum Gasteiger partial charge on any atom is 0.122 e. The SMILES string of the molecule is COc1ccccc1CCCN(C)CC1(O)CCCC1. The van der Waals surface area contributed by atoms with E-state index in [-0.39, 0.29) is 0 Å². The number of para-hydroxylation sites is 1. The molecule has 0 aliphatic heterocycles. The molecule has 1 saturated carbocycles. The van der Waals surface area contributed by atoms with Gasteiger partial charge in [-0.2, -0.15) is 0 Å². The Morgan fingerprint density at radius 1 is 1.25 bits per heavy atom. The lowest BCUT2D eigenvalue weighted by Crippen LogP contribution is -2.39. The minimum Gasteiger partial charge on any atom is -0.496 e. The first-order chi connectivity index (χ1) is 9.63. The molecule has 1 fully saturated rings. The summed E-state index contributed by atoms with van der Waals surface area (Å²) in [6, 6.07) is 8.20. The summed E-state index contributed by atoms with van der Waals surface area (Å²) in [6.07, 6.45) is 6.38. The van der Waals surface area contributed by atoms with Gasteiger partial charge >= 0.3 is 0 Å². The highest BCUT2D eigenvalue weighted by Crippen LogP contribution is 2.30. The zero-order chi connectivity index (χ0) is 14.4. The van der Waals surface area contributed by atoms with E-state index in [2.05, 4.69) is 24.1 Å². The number of hydrogen-bond acceptors (Lipinski definition) is 3. The molecule has 1 aromatic carbocycles. The first-order valence-electron chi connectivity index (χ1n) is 7.66. The largest absolute Gasteiger partial charge is 0.496 e. The summed E-state index contributed by atoms with van der Waals surface area (Å²) in [6.45, 7) is 1.82. The van der Waals surface area contributed by atoms with Crippen molar-refractivity contribution in [3.8, 4) is 5.75 Å². The Hall–Kier alpha value is -1.06. The van der Waals surface area contributed by atoms with Crippen molar-refractivity contribution >= 4 is 0 Å². The van der Waals surface area contributed by atoms with E-state index in [1.165, 1.54) is 18.4 Å². The molecule has 0 heterocycles. The van der Waals surface area contributed by atoms with Crippen LogP contribution >= 0.6 is 0 Å². The molecule has 1 aliphatic rings. The van der Waals surface area contributed by atoms with Crippen LogP contribution in [0.25, 0.3) is 0 Å². The number of nitrogens with zero attached hydrogens (tertiary/aromatic N) is 1. The van der Waals surface area contributed by atoms with Gasteiger partial charge in [-0.1, -0.05) is 31.0 Å². The number of ether oxygens (including phenoxy) is 1. The number of benzene rings is 1. The van der Waals surface area contributed by atoms with Gasteiger partial charge in [-0.3, -0.25) is 0 Å². The zero-order valence-corrected chi connectivity index (χ0v) is 12.8. The molecule has 1 aromatic rings. The minimum atomic E-state index is -0.431. The molecular weight excluding hydrogens is 250 g/mol. The van der Waals surface area contributed by atoms with E-state index >= 15 is 0 Å². The molecule has 0 radical (unpaired) electrons. The second-order valence-electron chi connectivity index (χ2n) is 6.08. The molecule has 0 amide bonds. The maximum absolute atomic E-state index is 10.4. The topological polar surface area (TPSA) is 32.7 Å². The number of rotatable bonds is 7. The highest BCUT2D eigenvalue weighted by Gasteiger charge is 2.31. The lowest BCUT2D eigenvalue weighted by atomic mass is 10.0. The van der Waals surface area contributed by atoms with Crippen molar-refractivity contribution in [1.29, 1.82) is 0 Å². The van der Waals surface area contributed by atoms with Crippen molar-refractivity contribution in [1.82, 2.24) is 4.90 Å². The summed E-state index contributed by atoms with van der Waals surface area (Å²) in [4.78, 5) is 2.26. The van der Waals surface area contributed by atoms with Crippen LogP contribution in [-0.2, 0) is 6.42 Å². The average Bonchev–Trinajstić information content (AvgIpc) is 2.85. The summed E-state index contributed by atoms with van der Waals surface area (Å²) in [7, 11) is 3.83. The molecule has 1 N–H and O–H groups in total. The van der Waals surface area contributed by atoms with Gasteiger partial charge in [0.2, 0.25) is 0 Å². The second-order valence-corrected chi connectivity index (χ2v) is 6.08. The molecular formula is C17H27NO2. The van der Waals surface area contributed by atoms with Crippen molar-refractivity contribution in [2.24, 2.45) is 0 Å². The fraction of sp³-hybridized carbons (Fsp3) is 0.647. The van der Waals surface area contributed by atoms with Gasteiger partial charge in [0.05, 0.1) is 12.7 Å². The number of methoxy groups -OCH3 is 1. The van der Waals surface area contributed by atoms with Crippen LogP contribution in [-0.4, -0.2) is 42.9 Å². The third-order valence-corrected chi connectivity index (χ3v) is 4.28. The Kier molecular flexibility index (Phi) is 5.44. The number of hydrogen-bond donors (Lipinski definition) is 1. The van der Waals surface area contributed by atoms with Gasteiger partial charge in [0.15, 0.2) is 0 Å². The molecule has 0 unspecified atom stereocenters. The maximum atomic E-state index is 10.4. The van der Waals surface area contributed by atoms with Gasteiger partial charge in [0.25, 0.3) is 0 Å². The summed E-state index contributed by atoms with van der Waals surface area (Å²) in [5, 5.41) is 10.4. The smallest absolute Gasteiger partial charge is 0.122 e. The monoisotopic (exact) mass is 277 g/mol. The van der Waals surface area contributed by atoms with Crippen molar-refractivity contribution in [2.75, 3.05) is 27.2 Å². The fourth-order valence-corrected chi connectivity index (χ4v) is 3.22. The Balaban J connectivity index is 1.75. The molecule has 0 saturated heterocycles. The Labute approximate surface area is 122 Å². The minimum absolute atomic E-state index is 0.431. The highest BCUT2D eigenvalue weighted by atomic mass is 16.5. The predicted molar refractivity (Wildman–Crippen MR) is 82.2 cm³/mol. The molecule has 3 nitrogen and oxygen atoms in total. The molecule has 20 heavy (non-hydrogen) atoms. The van der Waals surface area contributed by atoms with Crippen LogP contribution in [0.4, 0.5) is 0 Å². The van der Waals surface area contributed by atoms with Gasteiger partial charge < -0.3 is 14.7 Å². The second kappa shape index (κ2) is 7.09. The summed E-state index contributed by atoms with van der Waals surface area (Å²) < 4.78 is 5.37. The molecule has 1 aliphatic carbocycles. The van der Waals surface area contributed by atoms with Crippen LogP contribution in [0.1, 0.15) is 37.7 Å². The lowest BCUT2D eigenvalue weighted by Gasteiger charge is -2.28. The van der Waals surface area contributed by atoms with Crippen LogP contribution in [0.2, 0.25) is 0 Å². The number of aliphatic hydroxyl groups is 1. The van der Waals surface area contributed by atoms with E-state index in [0.29, 0.717) is 0 Å². The van der Waals surface area contributed by atoms with E-state index in [1.807, 2.05) is 12.1 Å². The average molecular weight is 277 g/mol. The number of aryl methyl sites for hydroxylation is 1. The van der Waals surface area contributed by atoms with E-state index in [0.717, 1.165) is 44.5 Å². The van der Waals surface area contributed by atoms with Gasteiger partial charge in [-0.15, -0.1) is 0 Å².